The van der Waals surface area contributed by atoms with E-state index in [2.05, 4.69) is 4.72 Å². The third-order valence-electron chi connectivity index (χ3n) is 3.41. The van der Waals surface area contributed by atoms with Gasteiger partial charge in [0, 0.05) is 5.69 Å². The summed E-state index contributed by atoms with van der Waals surface area (Å²) in [4.78, 5) is 11.3. The summed E-state index contributed by atoms with van der Waals surface area (Å²) in [5.41, 5.74) is 1.63. The second-order valence-corrected chi connectivity index (χ2v) is 6.90. The van der Waals surface area contributed by atoms with E-state index in [4.69, 9.17) is 9.47 Å². The molecule has 0 heterocycles. The molecule has 2 aromatic rings. The van der Waals surface area contributed by atoms with E-state index in [9.17, 15) is 13.2 Å². The van der Waals surface area contributed by atoms with Gasteiger partial charge in [-0.1, -0.05) is 19.1 Å². The lowest BCUT2D eigenvalue weighted by Gasteiger charge is -2.10. The highest BCUT2D eigenvalue weighted by Crippen LogP contribution is 2.20. The van der Waals surface area contributed by atoms with E-state index in [-0.39, 0.29) is 18.1 Å². The monoisotopic (exact) mass is 363 g/mol. The topological polar surface area (TPSA) is 81.7 Å². The largest absolute Gasteiger partial charge is 0.482 e. The number of nitrogens with one attached hydrogen (secondary N) is 1. The molecule has 0 unspecified atom stereocenters. The molecule has 0 atom stereocenters. The van der Waals surface area contributed by atoms with Gasteiger partial charge in [0.2, 0.25) is 0 Å². The highest BCUT2D eigenvalue weighted by Gasteiger charge is 2.14. The van der Waals surface area contributed by atoms with Crippen molar-refractivity contribution in [2.45, 2.75) is 25.2 Å². The van der Waals surface area contributed by atoms with Crippen LogP contribution in [0.2, 0.25) is 0 Å². The number of sulfonamides is 1. The molecule has 25 heavy (non-hydrogen) atoms. The van der Waals surface area contributed by atoms with Crippen LogP contribution in [0.15, 0.2) is 53.4 Å². The summed E-state index contributed by atoms with van der Waals surface area (Å²) in [6.07, 6.45) is 0.889. The first-order valence-corrected chi connectivity index (χ1v) is 9.43. The van der Waals surface area contributed by atoms with Crippen LogP contribution in [0.1, 0.15) is 19.4 Å². The molecule has 7 heteroatoms. The Labute approximate surface area is 147 Å². The molecule has 2 aromatic carbocycles. The number of hydrogen-bond donors (Lipinski definition) is 1. The van der Waals surface area contributed by atoms with Gasteiger partial charge in [-0.15, -0.1) is 0 Å². The number of rotatable bonds is 8. The Bertz CT molecular complexity index is 798. The minimum atomic E-state index is -3.69. The summed E-state index contributed by atoms with van der Waals surface area (Å²) in [6.45, 7) is 3.80. The maximum atomic E-state index is 12.4. The highest BCUT2D eigenvalue weighted by atomic mass is 32.2. The number of carbonyl (C=O) groups is 1. The Morgan fingerprint density at radius 3 is 2.20 bits per heavy atom. The van der Waals surface area contributed by atoms with E-state index in [1.165, 1.54) is 24.3 Å². The molecular weight excluding hydrogens is 342 g/mol. The quantitative estimate of drug-likeness (QED) is 0.729. The number of ether oxygens (including phenoxy) is 2. The van der Waals surface area contributed by atoms with Crippen LogP contribution in [0.25, 0.3) is 0 Å². The Morgan fingerprint density at radius 2 is 1.64 bits per heavy atom. The fourth-order valence-electron chi connectivity index (χ4n) is 2.08. The van der Waals surface area contributed by atoms with Gasteiger partial charge < -0.3 is 9.47 Å². The maximum Gasteiger partial charge on any atom is 0.344 e. The van der Waals surface area contributed by atoms with Gasteiger partial charge in [-0.05, 0) is 55.3 Å². The van der Waals surface area contributed by atoms with Crippen LogP contribution in [-0.4, -0.2) is 27.6 Å². The smallest absolute Gasteiger partial charge is 0.344 e. The molecule has 0 bridgehead atoms. The number of hydrogen-bond acceptors (Lipinski definition) is 5. The van der Waals surface area contributed by atoms with Crippen molar-refractivity contribution in [1.29, 1.82) is 0 Å². The Kier molecular flexibility index (Phi) is 6.41. The lowest BCUT2D eigenvalue weighted by molar-refractivity contribution is -0.145. The molecule has 0 saturated heterocycles. The first-order chi connectivity index (χ1) is 11.9. The Hall–Kier alpha value is -2.54. The van der Waals surface area contributed by atoms with Crippen LogP contribution in [0, 0.1) is 0 Å². The third-order valence-corrected chi connectivity index (χ3v) is 4.81. The summed E-state index contributed by atoms with van der Waals surface area (Å²) < 4.78 is 37.3. The van der Waals surface area contributed by atoms with Crippen molar-refractivity contribution in [3.05, 3.63) is 54.1 Å². The lowest BCUT2D eigenvalue weighted by Crippen LogP contribution is -2.15. The van der Waals surface area contributed by atoms with Crippen molar-refractivity contribution in [2.75, 3.05) is 17.9 Å². The number of aryl methyl sites for hydroxylation is 1. The van der Waals surface area contributed by atoms with Crippen LogP contribution in [0.5, 0.6) is 5.75 Å². The number of carbonyl (C=O) groups excluding carboxylic acids is 1. The molecule has 0 spiro atoms. The fraction of sp³-hybridized carbons (Fsp3) is 0.278. The van der Waals surface area contributed by atoms with Crippen molar-refractivity contribution in [2.24, 2.45) is 0 Å². The molecule has 0 radical (unpaired) electrons. The minimum Gasteiger partial charge on any atom is -0.482 e. The van der Waals surface area contributed by atoms with Gasteiger partial charge >= 0.3 is 5.97 Å². The standard InChI is InChI=1S/C18H21NO5S/c1-3-14-5-7-15(8-6-14)19-25(21,22)17-11-9-16(10-12-17)24-13-18(20)23-4-2/h5-12,19H,3-4,13H2,1-2H3. The van der Waals surface area contributed by atoms with Crippen molar-refractivity contribution in [3.63, 3.8) is 0 Å². The van der Waals surface area contributed by atoms with Crippen LogP contribution in [0.4, 0.5) is 5.69 Å². The van der Waals surface area contributed by atoms with Crippen LogP contribution in [-0.2, 0) is 26.0 Å². The van der Waals surface area contributed by atoms with Crippen molar-refractivity contribution in [1.82, 2.24) is 0 Å². The molecule has 0 aliphatic heterocycles. The van der Waals surface area contributed by atoms with Gasteiger partial charge in [0.1, 0.15) is 5.75 Å². The SMILES string of the molecule is CCOC(=O)COc1ccc(S(=O)(=O)Nc2ccc(CC)cc2)cc1. The molecule has 0 saturated carbocycles. The third kappa shape index (κ3) is 5.49. The zero-order valence-corrected chi connectivity index (χ0v) is 15.0. The molecule has 0 aliphatic carbocycles. The minimum absolute atomic E-state index is 0.107. The van der Waals surface area contributed by atoms with Crippen molar-refractivity contribution < 1.29 is 22.7 Å². The van der Waals surface area contributed by atoms with E-state index in [1.54, 1.807) is 19.1 Å². The molecule has 134 valence electrons. The molecule has 6 nitrogen and oxygen atoms in total. The highest BCUT2D eigenvalue weighted by molar-refractivity contribution is 7.92. The first kappa shape index (κ1) is 18.8. The Balaban J connectivity index is 2.02. The van der Waals surface area contributed by atoms with E-state index in [0.29, 0.717) is 11.4 Å². The van der Waals surface area contributed by atoms with Crippen molar-refractivity contribution >= 4 is 21.7 Å². The van der Waals surface area contributed by atoms with Crippen LogP contribution >= 0.6 is 0 Å². The van der Waals surface area contributed by atoms with Crippen molar-refractivity contribution in [3.8, 4) is 5.75 Å². The molecular formula is C18H21NO5S. The molecule has 1 N–H and O–H groups in total. The predicted octanol–water partition coefficient (Wildman–Crippen LogP) is 2.99. The van der Waals surface area contributed by atoms with Gasteiger partial charge in [-0.3, -0.25) is 4.72 Å². The summed E-state index contributed by atoms with van der Waals surface area (Å²) in [7, 11) is -3.69. The molecule has 0 amide bonds. The first-order valence-electron chi connectivity index (χ1n) is 7.95. The second kappa shape index (κ2) is 8.53. The maximum absolute atomic E-state index is 12.4. The summed E-state index contributed by atoms with van der Waals surface area (Å²) in [5, 5.41) is 0. The molecule has 0 aliphatic rings. The molecule has 2 rings (SSSR count). The van der Waals surface area contributed by atoms with E-state index < -0.39 is 16.0 Å². The second-order valence-electron chi connectivity index (χ2n) is 5.22. The number of esters is 1. The number of benzene rings is 2. The lowest BCUT2D eigenvalue weighted by atomic mass is 10.2. The van der Waals surface area contributed by atoms with Gasteiger partial charge in [0.05, 0.1) is 11.5 Å². The average Bonchev–Trinajstić information content (AvgIpc) is 2.61. The molecule has 0 aromatic heterocycles. The molecule has 0 fully saturated rings. The fourth-order valence-corrected chi connectivity index (χ4v) is 3.14. The number of anilines is 1. The normalized spacial score (nSPS) is 11.0. The van der Waals surface area contributed by atoms with Gasteiger partial charge in [0.15, 0.2) is 6.61 Å². The summed E-state index contributed by atoms with van der Waals surface area (Å²) >= 11 is 0. The Morgan fingerprint density at radius 1 is 1.00 bits per heavy atom. The van der Waals surface area contributed by atoms with Gasteiger partial charge in [0.25, 0.3) is 10.0 Å². The van der Waals surface area contributed by atoms with E-state index >= 15 is 0 Å². The predicted molar refractivity (Wildman–Crippen MR) is 95.2 cm³/mol. The summed E-state index contributed by atoms with van der Waals surface area (Å²) in [5.74, 6) is -0.0873. The van der Waals surface area contributed by atoms with Crippen LogP contribution in [0.3, 0.4) is 0 Å². The van der Waals surface area contributed by atoms with Crippen LogP contribution < -0.4 is 9.46 Å². The van der Waals surface area contributed by atoms with Gasteiger partial charge in [-0.25, -0.2) is 13.2 Å². The zero-order chi connectivity index (χ0) is 18.3. The average molecular weight is 363 g/mol. The summed E-state index contributed by atoms with van der Waals surface area (Å²) in [6, 6.07) is 13.0. The van der Waals surface area contributed by atoms with Gasteiger partial charge in [-0.2, -0.15) is 0 Å². The van der Waals surface area contributed by atoms with E-state index in [1.807, 2.05) is 19.1 Å². The zero-order valence-electron chi connectivity index (χ0n) is 14.2. The van der Waals surface area contributed by atoms with E-state index in [0.717, 1.165) is 12.0 Å².